The molecule has 1 aliphatic rings. The minimum absolute atomic E-state index is 0.119. The lowest BCUT2D eigenvalue weighted by Crippen LogP contribution is -2.30. The molecule has 0 saturated heterocycles. The number of hydrogen-bond donors (Lipinski definition) is 0. The van der Waals surface area contributed by atoms with Gasteiger partial charge in [-0.15, -0.1) is 0 Å². The fourth-order valence-corrected chi connectivity index (χ4v) is 2.71. The predicted molar refractivity (Wildman–Crippen MR) is 82.3 cm³/mol. The third kappa shape index (κ3) is 2.92. The Labute approximate surface area is 135 Å². The van der Waals surface area contributed by atoms with Gasteiger partial charge in [0, 0.05) is 10.0 Å². The van der Waals surface area contributed by atoms with Crippen LogP contribution in [0, 0.1) is 5.92 Å². The lowest BCUT2D eigenvalue weighted by Gasteiger charge is -2.21. The van der Waals surface area contributed by atoms with Crippen LogP contribution in [0.1, 0.15) is 29.8 Å². The third-order valence-corrected chi connectivity index (χ3v) is 3.78. The molecule has 1 aromatic rings. The number of esters is 1. The van der Waals surface area contributed by atoms with E-state index < -0.39 is 29.2 Å². The Bertz CT molecular complexity index is 717. The number of ketones is 3. The highest BCUT2D eigenvalue weighted by Gasteiger charge is 2.36. The summed E-state index contributed by atoms with van der Waals surface area (Å²) in [7, 11) is 0. The minimum atomic E-state index is -1.22. The second-order valence-electron chi connectivity index (χ2n) is 4.78. The van der Waals surface area contributed by atoms with E-state index in [0.717, 1.165) is 6.08 Å². The van der Waals surface area contributed by atoms with Crippen molar-refractivity contribution >= 4 is 44.8 Å². The first-order chi connectivity index (χ1) is 10.4. The smallest absolute Gasteiger partial charge is 0.321 e. The number of carbonyl (C=O) groups excluding carboxylic acids is 4. The molecule has 1 atom stereocenters. The number of fused-ring (bicyclic) bond motifs is 1. The summed E-state index contributed by atoms with van der Waals surface area (Å²) in [5.74, 6) is -3.80. The normalized spacial score (nSPS) is 15.0. The molecule has 0 fully saturated rings. The number of halogens is 1. The van der Waals surface area contributed by atoms with Crippen molar-refractivity contribution in [3.8, 4) is 0 Å². The topological polar surface area (TPSA) is 77.5 Å². The zero-order valence-electron chi connectivity index (χ0n) is 12.0. The quantitative estimate of drug-likeness (QED) is 0.465. The van der Waals surface area contributed by atoms with Gasteiger partial charge in [-0.2, -0.15) is 0 Å². The van der Waals surface area contributed by atoms with Crippen molar-refractivity contribution in [2.45, 2.75) is 13.8 Å². The Morgan fingerprint density at radius 3 is 2.50 bits per heavy atom. The van der Waals surface area contributed by atoms with E-state index >= 15 is 0 Å². The van der Waals surface area contributed by atoms with Crippen LogP contribution >= 0.6 is 15.9 Å². The summed E-state index contributed by atoms with van der Waals surface area (Å²) in [5, 5.41) is 0. The van der Waals surface area contributed by atoms with Gasteiger partial charge < -0.3 is 4.74 Å². The number of allylic oxidation sites excluding steroid dienone is 1. The van der Waals surface area contributed by atoms with E-state index in [4.69, 9.17) is 4.74 Å². The van der Waals surface area contributed by atoms with Crippen LogP contribution in [0.15, 0.2) is 28.7 Å². The van der Waals surface area contributed by atoms with E-state index in [2.05, 4.69) is 15.9 Å². The summed E-state index contributed by atoms with van der Waals surface area (Å²) in [6.07, 6.45) is 1.06. The lowest BCUT2D eigenvalue weighted by molar-refractivity contribution is -0.148. The molecule has 0 spiro atoms. The maximum absolute atomic E-state index is 12.1. The Hall–Kier alpha value is -2.08. The van der Waals surface area contributed by atoms with E-state index in [1.54, 1.807) is 19.1 Å². The van der Waals surface area contributed by atoms with Gasteiger partial charge in [-0.1, -0.05) is 15.9 Å². The van der Waals surface area contributed by atoms with Gasteiger partial charge in [0.15, 0.2) is 0 Å². The molecular formula is C16H13BrO5. The molecule has 5 nitrogen and oxygen atoms in total. The molecule has 0 amide bonds. The van der Waals surface area contributed by atoms with Gasteiger partial charge in [0.1, 0.15) is 11.7 Å². The summed E-state index contributed by atoms with van der Waals surface area (Å²) < 4.78 is 5.59. The number of carbonyl (C=O) groups is 4. The van der Waals surface area contributed by atoms with E-state index in [1.807, 2.05) is 0 Å². The molecule has 1 aliphatic carbocycles. The van der Waals surface area contributed by atoms with E-state index in [9.17, 15) is 19.2 Å². The summed E-state index contributed by atoms with van der Waals surface area (Å²) in [6.45, 7) is 3.00. The number of hydrogen-bond acceptors (Lipinski definition) is 5. The SMILES string of the molecule is CCOC(=O)C(C(C)=O)C1=CC(=O)C(=O)c2ccc(Br)cc21. The van der Waals surface area contributed by atoms with Gasteiger partial charge in [-0.3, -0.25) is 19.2 Å². The summed E-state index contributed by atoms with van der Waals surface area (Å²) in [4.78, 5) is 47.8. The first-order valence-corrected chi connectivity index (χ1v) is 7.43. The van der Waals surface area contributed by atoms with Gasteiger partial charge in [0.25, 0.3) is 0 Å². The van der Waals surface area contributed by atoms with Gasteiger partial charge in [-0.25, -0.2) is 0 Å². The highest BCUT2D eigenvalue weighted by atomic mass is 79.9. The highest BCUT2D eigenvalue weighted by molar-refractivity contribution is 9.10. The van der Waals surface area contributed by atoms with Crippen molar-refractivity contribution < 1.29 is 23.9 Å². The van der Waals surface area contributed by atoms with Crippen LogP contribution in [0.25, 0.3) is 5.57 Å². The zero-order chi connectivity index (χ0) is 16.4. The van der Waals surface area contributed by atoms with Gasteiger partial charge in [0.05, 0.1) is 6.61 Å². The van der Waals surface area contributed by atoms with Crippen LogP contribution in [0.2, 0.25) is 0 Å². The molecule has 0 saturated carbocycles. The fourth-order valence-electron chi connectivity index (χ4n) is 2.35. The lowest BCUT2D eigenvalue weighted by atomic mass is 9.81. The fraction of sp³-hybridized carbons (Fsp3) is 0.250. The average molecular weight is 365 g/mol. The molecule has 22 heavy (non-hydrogen) atoms. The maximum Gasteiger partial charge on any atom is 0.321 e. The van der Waals surface area contributed by atoms with Crippen LogP contribution in [-0.4, -0.2) is 29.9 Å². The molecule has 1 aromatic carbocycles. The van der Waals surface area contributed by atoms with Gasteiger partial charge in [-0.05, 0) is 49.3 Å². The monoisotopic (exact) mass is 364 g/mol. The van der Waals surface area contributed by atoms with Crippen molar-refractivity contribution in [1.29, 1.82) is 0 Å². The molecule has 6 heteroatoms. The van der Waals surface area contributed by atoms with Crippen LogP contribution in [-0.2, 0) is 19.1 Å². The van der Waals surface area contributed by atoms with Crippen LogP contribution in [0.5, 0.6) is 0 Å². The van der Waals surface area contributed by atoms with E-state index in [0.29, 0.717) is 10.0 Å². The number of Topliss-reactive ketones (excluding diaryl/α,β-unsaturated/α-hetero) is 2. The molecule has 2 rings (SSSR count). The molecule has 0 radical (unpaired) electrons. The van der Waals surface area contributed by atoms with Crippen molar-refractivity contribution in [2.75, 3.05) is 6.61 Å². The Kier molecular flexibility index (Phi) is 4.71. The van der Waals surface area contributed by atoms with E-state index in [1.165, 1.54) is 13.0 Å². The molecular weight excluding hydrogens is 352 g/mol. The summed E-state index contributed by atoms with van der Waals surface area (Å²) in [5.41, 5.74) is 0.778. The van der Waals surface area contributed by atoms with Gasteiger partial charge in [0.2, 0.25) is 11.6 Å². The molecule has 0 bridgehead atoms. The number of rotatable bonds is 4. The first kappa shape index (κ1) is 16.3. The second-order valence-corrected chi connectivity index (χ2v) is 5.69. The zero-order valence-corrected chi connectivity index (χ0v) is 13.6. The molecule has 114 valence electrons. The van der Waals surface area contributed by atoms with Crippen molar-refractivity contribution in [1.82, 2.24) is 0 Å². The summed E-state index contributed by atoms with van der Waals surface area (Å²) >= 11 is 3.28. The molecule has 0 aliphatic heterocycles. The Morgan fingerprint density at radius 1 is 1.23 bits per heavy atom. The van der Waals surface area contributed by atoms with Crippen molar-refractivity contribution in [2.24, 2.45) is 5.92 Å². The van der Waals surface area contributed by atoms with Crippen molar-refractivity contribution in [3.63, 3.8) is 0 Å². The number of ether oxygens (including phenoxy) is 1. The molecule has 1 unspecified atom stereocenters. The van der Waals surface area contributed by atoms with Gasteiger partial charge >= 0.3 is 5.97 Å². The minimum Gasteiger partial charge on any atom is -0.465 e. The largest absolute Gasteiger partial charge is 0.465 e. The van der Waals surface area contributed by atoms with E-state index in [-0.39, 0.29) is 17.7 Å². The van der Waals surface area contributed by atoms with Crippen LogP contribution < -0.4 is 0 Å². The number of benzene rings is 1. The standard InChI is InChI=1S/C16H13BrO5/c1-3-22-16(21)14(8(2)18)12-7-13(19)15(20)10-5-4-9(17)6-11(10)12/h4-7,14H,3H2,1-2H3. The highest BCUT2D eigenvalue weighted by Crippen LogP contribution is 2.34. The average Bonchev–Trinajstić information content (AvgIpc) is 2.44. The summed E-state index contributed by atoms with van der Waals surface area (Å²) in [6, 6.07) is 4.73. The molecule has 0 aromatic heterocycles. The maximum atomic E-state index is 12.1. The molecule has 0 heterocycles. The predicted octanol–water partition coefficient (Wildman–Crippen LogP) is 2.37. The van der Waals surface area contributed by atoms with Crippen molar-refractivity contribution in [3.05, 3.63) is 39.9 Å². The second kappa shape index (κ2) is 6.36. The van der Waals surface area contributed by atoms with Crippen LogP contribution in [0.4, 0.5) is 0 Å². The van der Waals surface area contributed by atoms with Crippen LogP contribution in [0.3, 0.4) is 0 Å². The Balaban J connectivity index is 2.62. The Morgan fingerprint density at radius 2 is 1.91 bits per heavy atom. The first-order valence-electron chi connectivity index (χ1n) is 6.64. The third-order valence-electron chi connectivity index (χ3n) is 3.29. The molecule has 0 N–H and O–H groups in total.